The number of imidazole rings is 1. The largest absolute Gasteiger partial charge is 0.341 e. The summed E-state index contributed by atoms with van der Waals surface area (Å²) in [6, 6.07) is 13.0. The Bertz CT molecular complexity index is 1010. The molecule has 0 amide bonds. The van der Waals surface area contributed by atoms with Crippen LogP contribution in [0.2, 0.25) is 0 Å². The van der Waals surface area contributed by atoms with Gasteiger partial charge in [0, 0.05) is 6.54 Å². The van der Waals surface area contributed by atoms with E-state index in [-0.39, 0.29) is 6.04 Å². The number of H-pyrrole nitrogens is 1. The highest BCUT2D eigenvalue weighted by Crippen LogP contribution is 2.36. The van der Waals surface area contributed by atoms with Gasteiger partial charge in [-0.2, -0.15) is 4.31 Å². The third kappa shape index (κ3) is 2.75. The number of aromatic nitrogens is 2. The Morgan fingerprint density at radius 1 is 1.16 bits per heavy atom. The van der Waals surface area contributed by atoms with Gasteiger partial charge in [-0.1, -0.05) is 29.8 Å². The van der Waals surface area contributed by atoms with Crippen LogP contribution in [0.4, 0.5) is 0 Å². The molecule has 3 aromatic rings. The number of nitrogens with one attached hydrogen (secondary N) is 1. The predicted octanol–water partition coefficient (Wildman–Crippen LogP) is 3.71. The highest BCUT2D eigenvalue weighted by molar-refractivity contribution is 7.89. The summed E-state index contributed by atoms with van der Waals surface area (Å²) in [7, 11) is -3.55. The lowest BCUT2D eigenvalue weighted by Crippen LogP contribution is -2.31. The second-order valence-corrected chi connectivity index (χ2v) is 8.54. The summed E-state index contributed by atoms with van der Waals surface area (Å²) in [6.07, 6.45) is 1.62. The Morgan fingerprint density at radius 3 is 2.72 bits per heavy atom. The van der Waals surface area contributed by atoms with E-state index in [2.05, 4.69) is 9.97 Å². The van der Waals surface area contributed by atoms with E-state index in [0.717, 1.165) is 40.8 Å². The van der Waals surface area contributed by atoms with Gasteiger partial charge >= 0.3 is 0 Å². The second kappa shape index (κ2) is 5.97. The van der Waals surface area contributed by atoms with Gasteiger partial charge in [0.25, 0.3) is 0 Å². The molecule has 0 radical (unpaired) electrons. The lowest BCUT2D eigenvalue weighted by molar-refractivity contribution is 0.385. The molecule has 1 saturated heterocycles. The molecule has 0 bridgehead atoms. The predicted molar refractivity (Wildman–Crippen MR) is 97.9 cm³/mol. The number of aromatic amines is 1. The zero-order valence-electron chi connectivity index (χ0n) is 14.4. The van der Waals surface area contributed by atoms with Crippen LogP contribution < -0.4 is 0 Å². The summed E-state index contributed by atoms with van der Waals surface area (Å²) in [6.45, 7) is 4.35. The molecular formula is C19H21N3O2S. The number of sulfonamides is 1. The lowest BCUT2D eigenvalue weighted by atomic mass is 10.2. The van der Waals surface area contributed by atoms with E-state index in [1.54, 1.807) is 10.4 Å². The molecule has 2 heterocycles. The normalized spacial score (nSPS) is 18.9. The maximum Gasteiger partial charge on any atom is 0.244 e. The number of rotatable bonds is 3. The standard InChI is InChI=1S/C19H21N3O2S/c1-13-9-10-18(14(2)12-13)25(23,24)22-11-5-8-17(22)19-20-15-6-3-4-7-16(15)21-19/h3-4,6-7,9-10,12,17H,5,8,11H2,1-2H3,(H,20,21). The topological polar surface area (TPSA) is 66.1 Å². The first-order valence-electron chi connectivity index (χ1n) is 8.50. The lowest BCUT2D eigenvalue weighted by Gasteiger charge is -2.23. The SMILES string of the molecule is Cc1ccc(S(=O)(=O)N2CCCC2c2nc3ccccc3[nH]2)c(C)c1. The fourth-order valence-corrected chi connectivity index (χ4v) is 5.51. The van der Waals surface area contributed by atoms with Crippen LogP contribution in [0.5, 0.6) is 0 Å². The molecule has 1 fully saturated rings. The summed E-state index contributed by atoms with van der Waals surface area (Å²) in [5.41, 5.74) is 3.66. The molecule has 1 unspecified atom stereocenters. The number of aryl methyl sites for hydroxylation is 2. The van der Waals surface area contributed by atoms with Crippen LogP contribution in [-0.2, 0) is 10.0 Å². The average molecular weight is 355 g/mol. The van der Waals surface area contributed by atoms with Gasteiger partial charge in [0.15, 0.2) is 0 Å². The van der Waals surface area contributed by atoms with Crippen LogP contribution in [0.25, 0.3) is 11.0 Å². The summed E-state index contributed by atoms with van der Waals surface area (Å²) in [5, 5.41) is 0. The van der Waals surface area contributed by atoms with Crippen molar-refractivity contribution in [3.8, 4) is 0 Å². The molecule has 0 saturated carbocycles. The maximum atomic E-state index is 13.2. The molecular weight excluding hydrogens is 334 g/mol. The smallest absolute Gasteiger partial charge is 0.244 e. The molecule has 0 spiro atoms. The highest BCUT2D eigenvalue weighted by atomic mass is 32.2. The van der Waals surface area contributed by atoms with Crippen LogP contribution in [0.1, 0.15) is 35.8 Å². The minimum Gasteiger partial charge on any atom is -0.341 e. The van der Waals surface area contributed by atoms with Crippen molar-refractivity contribution in [1.82, 2.24) is 14.3 Å². The molecule has 4 rings (SSSR count). The third-order valence-electron chi connectivity index (χ3n) is 4.84. The maximum absolute atomic E-state index is 13.2. The monoisotopic (exact) mass is 355 g/mol. The Hall–Kier alpha value is -2.18. The number of hydrogen-bond donors (Lipinski definition) is 1. The van der Waals surface area contributed by atoms with Crippen molar-refractivity contribution in [2.24, 2.45) is 0 Å². The molecule has 2 aromatic carbocycles. The molecule has 130 valence electrons. The number of nitrogens with zero attached hydrogens (tertiary/aromatic N) is 2. The van der Waals surface area contributed by atoms with Crippen molar-refractivity contribution in [2.75, 3.05) is 6.54 Å². The van der Waals surface area contributed by atoms with E-state index in [9.17, 15) is 8.42 Å². The molecule has 5 nitrogen and oxygen atoms in total. The first kappa shape index (κ1) is 16.3. The van der Waals surface area contributed by atoms with Crippen molar-refractivity contribution in [3.63, 3.8) is 0 Å². The van der Waals surface area contributed by atoms with Gasteiger partial charge in [-0.15, -0.1) is 0 Å². The first-order valence-corrected chi connectivity index (χ1v) is 9.94. The van der Waals surface area contributed by atoms with Gasteiger partial charge in [0.05, 0.1) is 22.0 Å². The molecule has 1 aliphatic heterocycles. The first-order chi connectivity index (χ1) is 12.0. The van der Waals surface area contributed by atoms with Crippen LogP contribution in [-0.4, -0.2) is 29.2 Å². The highest BCUT2D eigenvalue weighted by Gasteiger charge is 2.38. The van der Waals surface area contributed by atoms with Gasteiger partial charge in [0.2, 0.25) is 10.0 Å². The fraction of sp³-hybridized carbons (Fsp3) is 0.316. The minimum atomic E-state index is -3.55. The third-order valence-corrected chi connectivity index (χ3v) is 6.91. The van der Waals surface area contributed by atoms with Crippen LogP contribution in [0, 0.1) is 13.8 Å². The Morgan fingerprint density at radius 2 is 1.96 bits per heavy atom. The van der Waals surface area contributed by atoms with Gasteiger partial charge in [0.1, 0.15) is 5.82 Å². The van der Waals surface area contributed by atoms with E-state index in [1.807, 2.05) is 50.2 Å². The van der Waals surface area contributed by atoms with Gasteiger partial charge in [-0.05, 0) is 50.5 Å². The van der Waals surface area contributed by atoms with Crippen molar-refractivity contribution in [1.29, 1.82) is 0 Å². The van der Waals surface area contributed by atoms with Crippen LogP contribution in [0.15, 0.2) is 47.4 Å². The van der Waals surface area contributed by atoms with Crippen molar-refractivity contribution in [2.45, 2.75) is 37.6 Å². The number of fused-ring (bicyclic) bond motifs is 1. The van der Waals surface area contributed by atoms with Crippen LogP contribution >= 0.6 is 0 Å². The van der Waals surface area contributed by atoms with E-state index in [1.165, 1.54) is 0 Å². The Labute approximate surface area is 147 Å². The van der Waals surface area contributed by atoms with E-state index in [0.29, 0.717) is 11.4 Å². The van der Waals surface area contributed by atoms with E-state index >= 15 is 0 Å². The molecule has 1 aliphatic rings. The quantitative estimate of drug-likeness (QED) is 0.779. The number of para-hydroxylation sites is 2. The Kier molecular flexibility index (Phi) is 3.89. The number of benzene rings is 2. The summed E-state index contributed by atoms with van der Waals surface area (Å²) in [5.74, 6) is 0.729. The molecule has 6 heteroatoms. The van der Waals surface area contributed by atoms with Crippen molar-refractivity contribution < 1.29 is 8.42 Å². The van der Waals surface area contributed by atoms with E-state index in [4.69, 9.17) is 0 Å². The minimum absolute atomic E-state index is 0.238. The molecule has 1 atom stereocenters. The summed E-state index contributed by atoms with van der Waals surface area (Å²) >= 11 is 0. The van der Waals surface area contributed by atoms with Crippen molar-refractivity contribution >= 4 is 21.1 Å². The van der Waals surface area contributed by atoms with Crippen molar-refractivity contribution in [3.05, 3.63) is 59.4 Å². The molecule has 25 heavy (non-hydrogen) atoms. The number of hydrogen-bond acceptors (Lipinski definition) is 3. The molecule has 1 aromatic heterocycles. The van der Waals surface area contributed by atoms with Gasteiger partial charge < -0.3 is 4.98 Å². The molecule has 0 aliphatic carbocycles. The Balaban J connectivity index is 1.75. The summed E-state index contributed by atoms with van der Waals surface area (Å²) in [4.78, 5) is 8.31. The second-order valence-electron chi connectivity index (χ2n) is 6.68. The fourth-order valence-electron chi connectivity index (χ4n) is 3.65. The average Bonchev–Trinajstić information content (AvgIpc) is 3.21. The van der Waals surface area contributed by atoms with Gasteiger partial charge in [-0.3, -0.25) is 0 Å². The van der Waals surface area contributed by atoms with Gasteiger partial charge in [-0.25, -0.2) is 13.4 Å². The zero-order chi connectivity index (χ0) is 17.6. The van der Waals surface area contributed by atoms with E-state index < -0.39 is 10.0 Å². The zero-order valence-corrected chi connectivity index (χ0v) is 15.2. The van der Waals surface area contributed by atoms with Crippen LogP contribution in [0.3, 0.4) is 0 Å². The molecule has 1 N–H and O–H groups in total. The summed E-state index contributed by atoms with van der Waals surface area (Å²) < 4.78 is 28.1.